The number of terminal acetylenes is 1. The Kier molecular flexibility index (Phi) is 7.99. The number of nitrogen functional groups attached to an aromatic ring is 2. The number of rotatable bonds is 6. The first-order valence-electron chi connectivity index (χ1n) is 18.2. The van der Waals surface area contributed by atoms with Crippen LogP contribution < -0.4 is 11.5 Å². The van der Waals surface area contributed by atoms with Crippen molar-refractivity contribution in [3.63, 3.8) is 0 Å². The van der Waals surface area contributed by atoms with Crippen molar-refractivity contribution < 1.29 is 10.2 Å². The zero-order valence-corrected chi connectivity index (χ0v) is 29.9. The molecule has 0 fully saturated rings. The second kappa shape index (κ2) is 13.2. The zero-order chi connectivity index (χ0) is 37.7. The molecule has 0 heterocycles. The zero-order valence-electron chi connectivity index (χ0n) is 29.9. The van der Waals surface area contributed by atoms with E-state index < -0.39 is 5.41 Å². The van der Waals surface area contributed by atoms with Crippen molar-refractivity contribution in [2.45, 2.75) is 5.41 Å². The van der Waals surface area contributed by atoms with Crippen molar-refractivity contribution in [3.8, 4) is 79.5 Å². The van der Waals surface area contributed by atoms with E-state index in [2.05, 4.69) is 109 Å². The van der Waals surface area contributed by atoms with Gasteiger partial charge in [-0.15, -0.1) is 6.42 Å². The minimum atomic E-state index is -1.10. The van der Waals surface area contributed by atoms with E-state index in [0.717, 1.165) is 77.9 Å². The Morgan fingerprint density at radius 3 is 1.33 bits per heavy atom. The second-order valence-electron chi connectivity index (χ2n) is 13.9. The van der Waals surface area contributed by atoms with E-state index in [-0.39, 0.29) is 22.9 Å². The Labute approximate surface area is 320 Å². The number of nitrogens with two attached hydrogens (primary N) is 2. The quantitative estimate of drug-likeness (QED) is 0.0786. The molecule has 8 aromatic rings. The third kappa shape index (κ3) is 5.17. The van der Waals surface area contributed by atoms with Gasteiger partial charge in [0.15, 0.2) is 0 Å². The molecular formula is C51H36N2O2. The molecule has 0 aliphatic heterocycles. The maximum atomic E-state index is 10.8. The lowest BCUT2D eigenvalue weighted by atomic mass is 9.65. The van der Waals surface area contributed by atoms with Gasteiger partial charge in [0.1, 0.15) is 11.5 Å². The maximum Gasteiger partial charge on any atom is 0.138 e. The highest BCUT2D eigenvalue weighted by atomic mass is 16.3. The summed E-state index contributed by atoms with van der Waals surface area (Å²) in [5.41, 5.74) is 27.0. The monoisotopic (exact) mass is 708 g/mol. The number of hydrogen-bond donors (Lipinski definition) is 4. The average molecular weight is 709 g/mol. The highest BCUT2D eigenvalue weighted by Gasteiger charge is 2.50. The summed E-state index contributed by atoms with van der Waals surface area (Å²) in [7, 11) is 0. The average Bonchev–Trinajstić information content (AvgIpc) is 3.55. The predicted octanol–water partition coefficient (Wildman–Crippen LogP) is 11.3. The number of phenols is 2. The van der Waals surface area contributed by atoms with E-state index in [0.29, 0.717) is 5.56 Å². The standard InChI is InChI=1S/C51H36N2O2/c1-2-32-29-40(34-17-9-4-10-18-34)47(36-21-13-6-14-22-36)49-48-41(26-25-39(33-15-7-3-8-16-33)46(48)35-19-11-5-12-20-35)51(50(32)49,37-23-27-44(54)42(52)30-37)38-24-28-45(55)43(53)31-38/h1,3-31,54-55H,52-53H2. The summed E-state index contributed by atoms with van der Waals surface area (Å²) in [4.78, 5) is 0. The molecule has 4 heteroatoms. The Morgan fingerprint density at radius 2 is 0.873 bits per heavy atom. The summed E-state index contributed by atoms with van der Waals surface area (Å²) in [6, 6.07) is 59.0. The number of benzene rings is 8. The van der Waals surface area contributed by atoms with Crippen molar-refractivity contribution in [3.05, 3.63) is 204 Å². The molecule has 1 aliphatic carbocycles. The van der Waals surface area contributed by atoms with Gasteiger partial charge in [-0.2, -0.15) is 0 Å². The minimum Gasteiger partial charge on any atom is -0.506 e. The lowest BCUT2D eigenvalue weighted by Crippen LogP contribution is -2.30. The van der Waals surface area contributed by atoms with Crippen molar-refractivity contribution in [2.75, 3.05) is 11.5 Å². The molecule has 0 saturated heterocycles. The molecule has 0 atom stereocenters. The third-order valence-electron chi connectivity index (χ3n) is 10.9. The predicted molar refractivity (Wildman–Crippen MR) is 226 cm³/mol. The van der Waals surface area contributed by atoms with Crippen molar-refractivity contribution in [1.82, 2.24) is 0 Å². The summed E-state index contributed by atoms with van der Waals surface area (Å²) in [5, 5.41) is 21.6. The van der Waals surface area contributed by atoms with Gasteiger partial charge in [-0.1, -0.05) is 152 Å². The molecule has 0 unspecified atom stereocenters. The third-order valence-corrected chi connectivity index (χ3v) is 10.9. The Bertz CT molecular complexity index is 2740. The lowest BCUT2D eigenvalue weighted by molar-refractivity contribution is 0.477. The molecular weight excluding hydrogens is 673 g/mol. The summed E-state index contributed by atoms with van der Waals surface area (Å²) >= 11 is 0. The van der Waals surface area contributed by atoms with Crippen LogP contribution in [0.2, 0.25) is 0 Å². The molecule has 9 rings (SSSR count). The largest absolute Gasteiger partial charge is 0.506 e. The van der Waals surface area contributed by atoms with Crippen LogP contribution in [0.3, 0.4) is 0 Å². The van der Waals surface area contributed by atoms with Crippen LogP contribution in [0.4, 0.5) is 11.4 Å². The van der Waals surface area contributed by atoms with E-state index in [1.165, 1.54) is 0 Å². The Hall–Kier alpha value is -7.48. The topological polar surface area (TPSA) is 92.5 Å². The van der Waals surface area contributed by atoms with E-state index in [1.54, 1.807) is 12.1 Å². The summed E-state index contributed by atoms with van der Waals surface area (Å²) in [6.45, 7) is 0. The van der Waals surface area contributed by atoms with Gasteiger partial charge in [0.05, 0.1) is 16.8 Å². The molecule has 55 heavy (non-hydrogen) atoms. The molecule has 0 spiro atoms. The molecule has 1 aliphatic rings. The first-order valence-corrected chi connectivity index (χ1v) is 18.2. The normalized spacial score (nSPS) is 12.4. The number of fused-ring (bicyclic) bond motifs is 3. The van der Waals surface area contributed by atoms with Crippen LogP contribution >= 0.6 is 0 Å². The van der Waals surface area contributed by atoms with Gasteiger partial charge < -0.3 is 21.7 Å². The second-order valence-corrected chi connectivity index (χ2v) is 13.9. The fourth-order valence-electron chi connectivity index (χ4n) is 8.60. The summed E-state index contributed by atoms with van der Waals surface area (Å²) in [5.74, 6) is 3.10. The van der Waals surface area contributed by atoms with Gasteiger partial charge >= 0.3 is 0 Å². The fourth-order valence-corrected chi connectivity index (χ4v) is 8.60. The van der Waals surface area contributed by atoms with Crippen LogP contribution in [0, 0.1) is 12.3 Å². The Balaban J connectivity index is 1.60. The molecule has 0 saturated carbocycles. The van der Waals surface area contributed by atoms with Crippen LogP contribution in [-0.2, 0) is 5.41 Å². The van der Waals surface area contributed by atoms with Gasteiger partial charge in [0.2, 0.25) is 0 Å². The van der Waals surface area contributed by atoms with E-state index in [9.17, 15) is 10.2 Å². The summed E-state index contributed by atoms with van der Waals surface area (Å²) in [6.07, 6.45) is 6.67. The lowest BCUT2D eigenvalue weighted by Gasteiger charge is -2.35. The van der Waals surface area contributed by atoms with Crippen LogP contribution in [0.15, 0.2) is 176 Å². The molecule has 262 valence electrons. The van der Waals surface area contributed by atoms with Crippen molar-refractivity contribution in [1.29, 1.82) is 0 Å². The molecule has 0 amide bonds. The highest BCUT2D eigenvalue weighted by Crippen LogP contribution is 2.64. The molecule has 0 radical (unpaired) electrons. The van der Waals surface area contributed by atoms with Crippen molar-refractivity contribution in [2.24, 2.45) is 0 Å². The van der Waals surface area contributed by atoms with Gasteiger partial charge in [-0.05, 0) is 108 Å². The smallest absolute Gasteiger partial charge is 0.138 e. The highest BCUT2D eigenvalue weighted by molar-refractivity contribution is 6.09. The van der Waals surface area contributed by atoms with Crippen LogP contribution in [-0.4, -0.2) is 10.2 Å². The number of hydrogen-bond acceptors (Lipinski definition) is 4. The van der Waals surface area contributed by atoms with Crippen LogP contribution in [0.5, 0.6) is 11.5 Å². The number of aromatic hydroxyl groups is 2. The minimum absolute atomic E-state index is 0.0199. The molecule has 0 aromatic heterocycles. The van der Waals surface area contributed by atoms with Crippen molar-refractivity contribution >= 4 is 11.4 Å². The van der Waals surface area contributed by atoms with Crippen LogP contribution in [0.1, 0.15) is 27.8 Å². The first-order chi connectivity index (χ1) is 26.9. The van der Waals surface area contributed by atoms with Crippen LogP contribution in [0.25, 0.3) is 55.6 Å². The van der Waals surface area contributed by atoms with Gasteiger partial charge in [-0.25, -0.2) is 0 Å². The number of phenolic OH excluding ortho intramolecular Hbond substituents is 2. The summed E-state index contributed by atoms with van der Waals surface area (Å²) < 4.78 is 0. The van der Waals surface area contributed by atoms with Gasteiger partial charge in [-0.3, -0.25) is 0 Å². The van der Waals surface area contributed by atoms with Gasteiger partial charge in [0, 0.05) is 5.56 Å². The molecule has 0 bridgehead atoms. The number of anilines is 2. The molecule has 6 N–H and O–H groups in total. The maximum absolute atomic E-state index is 10.8. The van der Waals surface area contributed by atoms with E-state index in [1.807, 2.05) is 60.7 Å². The molecule has 8 aromatic carbocycles. The SMILES string of the molecule is C#Cc1cc(-c2ccccc2)c(-c2ccccc2)c2c1C(c1ccc(O)c(N)c1)(c1ccc(O)c(N)c1)c1ccc(-c3ccccc3)c(-c3ccccc3)c1-2. The fraction of sp³-hybridized carbons (Fsp3) is 0.0196. The van der Waals surface area contributed by atoms with E-state index >= 15 is 0 Å². The van der Waals surface area contributed by atoms with E-state index in [4.69, 9.17) is 17.9 Å². The Morgan fingerprint density at radius 1 is 0.436 bits per heavy atom. The molecule has 4 nitrogen and oxygen atoms in total. The van der Waals surface area contributed by atoms with Gasteiger partial charge in [0.25, 0.3) is 0 Å². The first kappa shape index (κ1) is 33.4.